The fourth-order valence-corrected chi connectivity index (χ4v) is 3.05. The first-order valence-electron chi connectivity index (χ1n) is 10.3. The first-order valence-corrected chi connectivity index (χ1v) is 10.3. The van der Waals surface area contributed by atoms with E-state index >= 15 is 0 Å². The van der Waals surface area contributed by atoms with Gasteiger partial charge in [0.05, 0.1) is 17.2 Å². The van der Waals surface area contributed by atoms with Crippen LogP contribution in [-0.4, -0.2) is 52.9 Å². The molecule has 4 amide bonds. The predicted molar refractivity (Wildman–Crippen MR) is 115 cm³/mol. The van der Waals surface area contributed by atoms with Crippen molar-refractivity contribution in [2.24, 2.45) is 0 Å². The highest BCUT2D eigenvalue weighted by Gasteiger charge is 2.31. The largest absolute Gasteiger partial charge is 0.417 e. The van der Waals surface area contributed by atoms with Crippen molar-refractivity contribution in [3.63, 3.8) is 0 Å². The molecule has 0 unspecified atom stereocenters. The Kier molecular flexibility index (Phi) is 8.55. The molecular formula is C22H25F4N5O3. The molecular weight excluding hydrogens is 458 g/mol. The van der Waals surface area contributed by atoms with Gasteiger partial charge in [-0.2, -0.15) is 13.2 Å². The molecule has 1 aromatic carbocycles. The fraction of sp³-hybridized carbons (Fsp3) is 0.364. The van der Waals surface area contributed by atoms with E-state index in [9.17, 15) is 31.9 Å². The number of carbonyl (C=O) groups is 3. The lowest BCUT2D eigenvalue weighted by Crippen LogP contribution is -2.48. The SMILES string of the molecule is CCN(CC)C(=O)c1ccc([C@@H](C)NC(=O)N(C)NC(=O)c2cncc(C(F)(F)F)c2)c(F)c1. The molecule has 0 spiro atoms. The Morgan fingerprint density at radius 3 is 2.26 bits per heavy atom. The highest BCUT2D eigenvalue weighted by Crippen LogP contribution is 2.28. The quantitative estimate of drug-likeness (QED) is 0.483. The third kappa shape index (κ3) is 6.42. The van der Waals surface area contributed by atoms with Gasteiger partial charge < -0.3 is 10.2 Å². The molecule has 0 aliphatic carbocycles. The van der Waals surface area contributed by atoms with E-state index in [1.165, 1.54) is 31.0 Å². The maximum atomic E-state index is 14.6. The molecule has 0 bridgehead atoms. The molecule has 0 saturated heterocycles. The molecule has 1 atom stereocenters. The van der Waals surface area contributed by atoms with Crippen molar-refractivity contribution >= 4 is 17.8 Å². The number of hydrazine groups is 1. The summed E-state index contributed by atoms with van der Waals surface area (Å²) in [5, 5.41) is 3.18. The Bertz CT molecular complexity index is 1060. The van der Waals surface area contributed by atoms with Crippen LogP contribution in [0.15, 0.2) is 36.7 Å². The third-order valence-corrected chi connectivity index (χ3v) is 5.01. The minimum Gasteiger partial charge on any atom is -0.339 e. The number of hydrogen-bond donors (Lipinski definition) is 2. The maximum absolute atomic E-state index is 14.6. The van der Waals surface area contributed by atoms with Gasteiger partial charge in [0.1, 0.15) is 5.82 Å². The average Bonchev–Trinajstić information content (AvgIpc) is 2.78. The van der Waals surface area contributed by atoms with Gasteiger partial charge in [0.25, 0.3) is 11.8 Å². The van der Waals surface area contributed by atoms with Gasteiger partial charge in [-0.25, -0.2) is 14.2 Å². The molecule has 1 aromatic heterocycles. The molecule has 2 rings (SSSR count). The van der Waals surface area contributed by atoms with Crippen LogP contribution in [0, 0.1) is 5.82 Å². The number of pyridine rings is 1. The summed E-state index contributed by atoms with van der Waals surface area (Å²) in [5.41, 5.74) is 0.886. The highest BCUT2D eigenvalue weighted by atomic mass is 19.4. The number of rotatable bonds is 6. The Labute approximate surface area is 193 Å². The summed E-state index contributed by atoms with van der Waals surface area (Å²) in [6.07, 6.45) is -3.18. The zero-order chi connectivity index (χ0) is 25.6. The second kappa shape index (κ2) is 10.9. The molecule has 0 aliphatic heterocycles. The van der Waals surface area contributed by atoms with Gasteiger partial charge in [-0.3, -0.25) is 20.0 Å². The number of carbonyl (C=O) groups excluding carboxylic acids is 3. The predicted octanol–water partition coefficient (Wildman–Crippen LogP) is 3.77. The molecule has 12 heteroatoms. The molecule has 1 heterocycles. The van der Waals surface area contributed by atoms with E-state index in [0.29, 0.717) is 25.4 Å². The lowest BCUT2D eigenvalue weighted by atomic mass is 10.0. The summed E-state index contributed by atoms with van der Waals surface area (Å²) >= 11 is 0. The van der Waals surface area contributed by atoms with E-state index in [1.54, 1.807) is 0 Å². The van der Waals surface area contributed by atoms with E-state index in [1.807, 2.05) is 13.8 Å². The first kappa shape index (κ1) is 26.6. The van der Waals surface area contributed by atoms with Crippen LogP contribution in [0.3, 0.4) is 0 Å². The summed E-state index contributed by atoms with van der Waals surface area (Å²) in [5.74, 6) is -2.01. The van der Waals surface area contributed by atoms with Crippen molar-refractivity contribution in [2.45, 2.75) is 33.0 Å². The number of nitrogens with one attached hydrogen (secondary N) is 2. The minimum absolute atomic E-state index is 0.103. The van der Waals surface area contributed by atoms with Gasteiger partial charge in [-0.05, 0) is 39.0 Å². The number of halogens is 4. The smallest absolute Gasteiger partial charge is 0.339 e. The number of hydrogen-bond acceptors (Lipinski definition) is 4. The number of benzene rings is 1. The van der Waals surface area contributed by atoms with E-state index in [-0.39, 0.29) is 17.0 Å². The maximum Gasteiger partial charge on any atom is 0.417 e. The number of alkyl halides is 3. The number of amides is 4. The molecule has 8 nitrogen and oxygen atoms in total. The van der Waals surface area contributed by atoms with Crippen molar-refractivity contribution < 1.29 is 31.9 Å². The summed E-state index contributed by atoms with van der Waals surface area (Å²) in [4.78, 5) is 41.9. The summed E-state index contributed by atoms with van der Waals surface area (Å²) in [7, 11) is 1.17. The normalized spacial score (nSPS) is 12.0. The molecule has 0 aliphatic rings. The fourth-order valence-electron chi connectivity index (χ4n) is 3.05. The lowest BCUT2D eigenvalue weighted by molar-refractivity contribution is -0.137. The van der Waals surface area contributed by atoms with Crippen LogP contribution in [-0.2, 0) is 6.18 Å². The standard InChI is InChI=1S/C22H25F4N5O3/c1-5-31(6-2)20(33)14-7-8-17(18(23)10-14)13(3)28-21(34)30(4)29-19(32)15-9-16(12-27-11-15)22(24,25)26/h7-13H,5-6H2,1-4H3,(H,28,34)(H,29,32)/t13-/m1/s1. The lowest BCUT2D eigenvalue weighted by Gasteiger charge is -2.23. The van der Waals surface area contributed by atoms with Crippen LogP contribution in [0.1, 0.15) is 58.7 Å². The van der Waals surface area contributed by atoms with Crippen molar-refractivity contribution in [1.82, 2.24) is 25.6 Å². The van der Waals surface area contributed by atoms with E-state index in [2.05, 4.69) is 15.7 Å². The molecule has 0 fully saturated rings. The van der Waals surface area contributed by atoms with Gasteiger partial charge in [-0.15, -0.1) is 0 Å². The minimum atomic E-state index is -4.68. The zero-order valence-corrected chi connectivity index (χ0v) is 19.0. The molecule has 34 heavy (non-hydrogen) atoms. The molecule has 2 N–H and O–H groups in total. The van der Waals surface area contributed by atoms with E-state index in [4.69, 9.17) is 0 Å². The van der Waals surface area contributed by atoms with Gasteiger partial charge in [0.2, 0.25) is 0 Å². The summed E-state index contributed by atoms with van der Waals surface area (Å²) in [6.45, 7) is 6.05. The van der Waals surface area contributed by atoms with Crippen molar-refractivity contribution in [2.75, 3.05) is 20.1 Å². The van der Waals surface area contributed by atoms with Gasteiger partial charge in [0.15, 0.2) is 0 Å². The third-order valence-electron chi connectivity index (χ3n) is 5.01. The van der Waals surface area contributed by atoms with Gasteiger partial charge >= 0.3 is 12.2 Å². The van der Waals surface area contributed by atoms with Crippen LogP contribution >= 0.6 is 0 Å². The van der Waals surface area contributed by atoms with Crippen molar-refractivity contribution in [3.8, 4) is 0 Å². The van der Waals surface area contributed by atoms with Crippen LogP contribution in [0.5, 0.6) is 0 Å². The summed E-state index contributed by atoms with van der Waals surface area (Å²) in [6, 6.07) is 2.83. The van der Waals surface area contributed by atoms with Crippen molar-refractivity contribution in [1.29, 1.82) is 0 Å². The molecule has 0 radical (unpaired) electrons. The highest BCUT2D eigenvalue weighted by molar-refractivity contribution is 5.95. The van der Waals surface area contributed by atoms with Crippen LogP contribution in [0.2, 0.25) is 0 Å². The summed E-state index contributed by atoms with van der Waals surface area (Å²) < 4.78 is 53.1. The van der Waals surface area contributed by atoms with Gasteiger partial charge in [0, 0.05) is 43.7 Å². The van der Waals surface area contributed by atoms with Crippen molar-refractivity contribution in [3.05, 3.63) is 64.7 Å². The van der Waals surface area contributed by atoms with Crippen LogP contribution in [0.25, 0.3) is 0 Å². The van der Waals surface area contributed by atoms with Crippen LogP contribution < -0.4 is 10.7 Å². The Balaban J connectivity index is 2.05. The van der Waals surface area contributed by atoms with E-state index in [0.717, 1.165) is 17.3 Å². The Morgan fingerprint density at radius 1 is 1.06 bits per heavy atom. The number of aromatic nitrogens is 1. The van der Waals surface area contributed by atoms with Gasteiger partial charge in [-0.1, -0.05) is 6.07 Å². The molecule has 184 valence electrons. The van der Waals surface area contributed by atoms with Crippen LogP contribution in [0.4, 0.5) is 22.4 Å². The number of nitrogens with zero attached hydrogens (tertiary/aromatic N) is 3. The molecule has 0 saturated carbocycles. The molecule has 2 aromatic rings. The Morgan fingerprint density at radius 2 is 1.71 bits per heavy atom. The zero-order valence-electron chi connectivity index (χ0n) is 19.0. The first-order chi connectivity index (χ1) is 15.9. The Hall–Kier alpha value is -3.70. The number of urea groups is 1. The second-order valence-electron chi connectivity index (χ2n) is 7.34. The average molecular weight is 483 g/mol. The monoisotopic (exact) mass is 483 g/mol. The van der Waals surface area contributed by atoms with E-state index < -0.39 is 41.1 Å². The second-order valence-corrected chi connectivity index (χ2v) is 7.34. The topological polar surface area (TPSA) is 94.6 Å².